The third-order valence-corrected chi connectivity index (χ3v) is 9.03. The normalized spacial score (nSPS) is 13.5. The van der Waals surface area contributed by atoms with Gasteiger partial charge in [0, 0.05) is 34.6 Å². The van der Waals surface area contributed by atoms with Gasteiger partial charge in [-0.3, -0.25) is 9.59 Å². The van der Waals surface area contributed by atoms with Crippen molar-refractivity contribution in [2.24, 2.45) is 11.8 Å². The second-order valence-electron chi connectivity index (χ2n) is 11.6. The molecule has 2 unspecified atom stereocenters. The van der Waals surface area contributed by atoms with E-state index in [0.717, 1.165) is 71.6 Å². The third-order valence-electron chi connectivity index (χ3n) is 9.03. The van der Waals surface area contributed by atoms with Crippen LogP contribution in [-0.2, 0) is 13.1 Å². The zero-order valence-electron chi connectivity index (χ0n) is 24.7. The van der Waals surface area contributed by atoms with E-state index in [1.165, 1.54) is 25.7 Å². The smallest absolute Gasteiger partial charge is 0.197 e. The second-order valence-corrected chi connectivity index (χ2v) is 11.6. The molecular weight excluding hydrogens is 492 g/mol. The van der Waals surface area contributed by atoms with Crippen molar-refractivity contribution < 1.29 is 0 Å². The molecule has 5 aromatic rings. The van der Waals surface area contributed by atoms with Crippen molar-refractivity contribution in [3.8, 4) is 0 Å². The van der Waals surface area contributed by atoms with Crippen LogP contribution in [0.15, 0.2) is 70.3 Å². The molecule has 0 radical (unpaired) electrons. The molecule has 0 N–H and O–H groups in total. The van der Waals surface area contributed by atoms with Crippen molar-refractivity contribution in [3.63, 3.8) is 0 Å². The molecule has 5 rings (SSSR count). The van der Waals surface area contributed by atoms with Crippen LogP contribution in [0.3, 0.4) is 0 Å². The molecule has 0 spiro atoms. The van der Waals surface area contributed by atoms with E-state index >= 15 is 0 Å². The number of nitrogens with zero attached hydrogens (tertiary/aromatic N) is 2. The number of unbranched alkanes of at least 4 members (excludes halogenated alkanes) is 2. The van der Waals surface area contributed by atoms with Gasteiger partial charge in [0.1, 0.15) is 0 Å². The number of benzene rings is 3. The first kappa shape index (κ1) is 28.1. The summed E-state index contributed by atoms with van der Waals surface area (Å²) in [5, 5.41) is 2.93. The quantitative estimate of drug-likeness (QED) is 0.149. The summed E-state index contributed by atoms with van der Waals surface area (Å²) in [5.41, 5.74) is 3.78. The lowest BCUT2D eigenvalue weighted by atomic mass is 9.97. The minimum absolute atomic E-state index is 0.0514. The van der Waals surface area contributed by atoms with Crippen molar-refractivity contribution in [3.05, 3.63) is 81.1 Å². The molecule has 2 heterocycles. The highest BCUT2D eigenvalue weighted by molar-refractivity contribution is 6.03. The standard InChI is InChI=1S/C36H44N2O2/c1-5-9-15-25(7-3)23-37-31-19-13-11-17-27(31)35(39)29-22-34-30(21-33(29)37)36(40)28-18-12-14-20-32(28)38(34)24-26(8-4)16-10-6-2/h11-14,17-22,25-26H,5-10,15-16,23-24H2,1-4H3. The van der Waals surface area contributed by atoms with Crippen LogP contribution in [0, 0.1) is 11.8 Å². The SMILES string of the molecule is CCCCC(CC)Cn1c2ccccc2c(=O)c2cc3c(cc21)c(=O)c1ccccc1n3CC(CC)CCCC. The summed E-state index contributed by atoms with van der Waals surface area (Å²) in [6.45, 7) is 10.7. The van der Waals surface area contributed by atoms with Gasteiger partial charge in [-0.25, -0.2) is 0 Å². The van der Waals surface area contributed by atoms with Gasteiger partial charge < -0.3 is 9.13 Å². The van der Waals surface area contributed by atoms with Gasteiger partial charge in [0.05, 0.1) is 22.1 Å². The van der Waals surface area contributed by atoms with Crippen LogP contribution >= 0.6 is 0 Å². The summed E-state index contributed by atoms with van der Waals surface area (Å²) in [5.74, 6) is 1.03. The fourth-order valence-corrected chi connectivity index (χ4v) is 6.48. The minimum atomic E-state index is 0.0514. The predicted octanol–water partition coefficient (Wildman–Crippen LogP) is 9.06. The van der Waals surface area contributed by atoms with E-state index in [2.05, 4.69) is 49.0 Å². The molecule has 0 saturated carbocycles. The first-order valence-corrected chi connectivity index (χ1v) is 15.5. The van der Waals surface area contributed by atoms with E-state index in [1.807, 2.05) is 48.5 Å². The number of rotatable bonds is 12. The molecule has 2 atom stereocenters. The summed E-state index contributed by atoms with van der Waals surface area (Å²) >= 11 is 0. The zero-order chi connectivity index (χ0) is 28.2. The molecule has 0 aliphatic rings. The summed E-state index contributed by atoms with van der Waals surface area (Å²) in [4.78, 5) is 28.0. The summed E-state index contributed by atoms with van der Waals surface area (Å²) in [6.07, 6.45) is 9.25. The average molecular weight is 537 g/mol. The fraction of sp³-hybridized carbons (Fsp3) is 0.444. The molecule has 0 aliphatic carbocycles. The first-order valence-electron chi connectivity index (χ1n) is 15.5. The van der Waals surface area contributed by atoms with Crippen LogP contribution in [0.25, 0.3) is 43.6 Å². The number of fused-ring (bicyclic) bond motifs is 4. The maximum Gasteiger partial charge on any atom is 0.197 e. The number of pyridine rings is 2. The van der Waals surface area contributed by atoms with Gasteiger partial charge in [-0.15, -0.1) is 0 Å². The van der Waals surface area contributed by atoms with E-state index in [9.17, 15) is 9.59 Å². The van der Waals surface area contributed by atoms with Gasteiger partial charge in [-0.1, -0.05) is 90.5 Å². The number of aromatic nitrogens is 2. The number of para-hydroxylation sites is 2. The van der Waals surface area contributed by atoms with Crippen molar-refractivity contribution in [1.82, 2.24) is 9.13 Å². The lowest BCUT2D eigenvalue weighted by Gasteiger charge is -2.23. The van der Waals surface area contributed by atoms with Gasteiger partial charge in [-0.2, -0.15) is 0 Å². The highest BCUT2D eigenvalue weighted by Crippen LogP contribution is 2.29. The lowest BCUT2D eigenvalue weighted by Crippen LogP contribution is -2.19. The predicted molar refractivity (Wildman–Crippen MR) is 172 cm³/mol. The molecule has 0 amide bonds. The van der Waals surface area contributed by atoms with Gasteiger partial charge in [0.25, 0.3) is 0 Å². The Hall–Kier alpha value is -3.40. The van der Waals surface area contributed by atoms with Gasteiger partial charge in [0.15, 0.2) is 10.9 Å². The number of hydrogen-bond acceptors (Lipinski definition) is 2. The number of hydrogen-bond donors (Lipinski definition) is 0. The largest absolute Gasteiger partial charge is 0.340 e. The molecule has 4 heteroatoms. The molecule has 4 nitrogen and oxygen atoms in total. The molecule has 0 bridgehead atoms. The molecule has 210 valence electrons. The van der Waals surface area contributed by atoms with Crippen LogP contribution in [0.4, 0.5) is 0 Å². The van der Waals surface area contributed by atoms with Gasteiger partial charge in [0.2, 0.25) is 0 Å². The van der Waals surface area contributed by atoms with Crippen LogP contribution < -0.4 is 10.9 Å². The summed E-state index contributed by atoms with van der Waals surface area (Å²) < 4.78 is 4.65. The minimum Gasteiger partial charge on any atom is -0.340 e. The Kier molecular flexibility index (Phi) is 8.73. The Morgan fingerprint density at radius 1 is 0.550 bits per heavy atom. The maximum absolute atomic E-state index is 14.0. The van der Waals surface area contributed by atoms with E-state index < -0.39 is 0 Å². The molecule has 2 aromatic heterocycles. The molecule has 40 heavy (non-hydrogen) atoms. The van der Waals surface area contributed by atoms with E-state index in [4.69, 9.17) is 0 Å². The second kappa shape index (κ2) is 12.4. The Morgan fingerprint density at radius 2 is 0.950 bits per heavy atom. The average Bonchev–Trinajstić information content (AvgIpc) is 3.00. The van der Waals surface area contributed by atoms with E-state index in [0.29, 0.717) is 22.6 Å². The fourth-order valence-electron chi connectivity index (χ4n) is 6.48. The van der Waals surface area contributed by atoms with Gasteiger partial charge in [-0.05, 0) is 61.1 Å². The monoisotopic (exact) mass is 536 g/mol. The molecule has 0 aliphatic heterocycles. The van der Waals surface area contributed by atoms with Crippen LogP contribution in [0.1, 0.15) is 79.1 Å². The summed E-state index contributed by atoms with van der Waals surface area (Å²) in [7, 11) is 0. The Bertz CT molecular complexity index is 1630. The highest BCUT2D eigenvalue weighted by Gasteiger charge is 2.19. The van der Waals surface area contributed by atoms with Crippen molar-refractivity contribution >= 4 is 43.6 Å². The van der Waals surface area contributed by atoms with Crippen LogP contribution in [-0.4, -0.2) is 9.13 Å². The van der Waals surface area contributed by atoms with E-state index in [1.54, 1.807) is 0 Å². The first-order chi connectivity index (χ1) is 19.5. The van der Waals surface area contributed by atoms with Crippen molar-refractivity contribution in [1.29, 1.82) is 0 Å². The van der Waals surface area contributed by atoms with Crippen LogP contribution in [0.5, 0.6) is 0 Å². The summed E-state index contributed by atoms with van der Waals surface area (Å²) in [6, 6.07) is 20.0. The van der Waals surface area contributed by atoms with Crippen molar-refractivity contribution in [2.45, 2.75) is 92.2 Å². The molecule has 0 fully saturated rings. The Balaban J connectivity index is 1.84. The van der Waals surface area contributed by atoms with Gasteiger partial charge >= 0.3 is 0 Å². The molecule has 0 saturated heterocycles. The molecule has 3 aromatic carbocycles. The zero-order valence-corrected chi connectivity index (χ0v) is 24.7. The van der Waals surface area contributed by atoms with Crippen molar-refractivity contribution in [2.75, 3.05) is 0 Å². The maximum atomic E-state index is 14.0. The Morgan fingerprint density at radius 3 is 1.32 bits per heavy atom. The Labute approximate surface area is 237 Å². The lowest BCUT2D eigenvalue weighted by molar-refractivity contribution is 0.400. The van der Waals surface area contributed by atoms with E-state index in [-0.39, 0.29) is 10.9 Å². The molecular formula is C36H44N2O2. The highest BCUT2D eigenvalue weighted by atomic mass is 16.1. The topological polar surface area (TPSA) is 44.0 Å². The van der Waals surface area contributed by atoms with Crippen LogP contribution in [0.2, 0.25) is 0 Å². The third kappa shape index (κ3) is 5.21.